The van der Waals surface area contributed by atoms with Crippen LogP contribution in [-0.2, 0) is 6.54 Å². The molecule has 0 aliphatic carbocycles. The minimum atomic E-state index is -0.0750. The van der Waals surface area contributed by atoms with Crippen molar-refractivity contribution in [3.8, 4) is 0 Å². The van der Waals surface area contributed by atoms with Gasteiger partial charge < -0.3 is 15.4 Å². The number of benzene rings is 1. The predicted molar refractivity (Wildman–Crippen MR) is 72.6 cm³/mol. The first-order valence-electron chi connectivity index (χ1n) is 6.19. The van der Waals surface area contributed by atoms with Crippen molar-refractivity contribution in [3.05, 3.63) is 46.2 Å². The van der Waals surface area contributed by atoms with E-state index in [0.717, 1.165) is 17.3 Å². The van der Waals surface area contributed by atoms with Gasteiger partial charge in [-0.1, -0.05) is 25.1 Å². The SMILES string of the molecule is CC[C@H](CO)NCc1cc2ccccc2[nH]c1=O. The zero-order chi connectivity index (χ0) is 13.0. The first-order valence-corrected chi connectivity index (χ1v) is 6.19. The second kappa shape index (κ2) is 5.80. The fraction of sp³-hybridized carbons (Fsp3) is 0.357. The first kappa shape index (κ1) is 12.8. The van der Waals surface area contributed by atoms with Crippen molar-refractivity contribution in [2.45, 2.75) is 25.9 Å². The summed E-state index contributed by atoms with van der Waals surface area (Å²) in [5.74, 6) is 0. The molecule has 1 atom stereocenters. The fourth-order valence-electron chi connectivity index (χ4n) is 1.92. The van der Waals surface area contributed by atoms with E-state index in [1.165, 1.54) is 0 Å². The normalized spacial score (nSPS) is 12.8. The van der Waals surface area contributed by atoms with Gasteiger partial charge in [-0.2, -0.15) is 0 Å². The molecule has 0 saturated carbocycles. The van der Waals surface area contributed by atoms with E-state index in [1.54, 1.807) is 0 Å². The summed E-state index contributed by atoms with van der Waals surface area (Å²) < 4.78 is 0. The van der Waals surface area contributed by atoms with Crippen LogP contribution in [0.3, 0.4) is 0 Å². The highest BCUT2D eigenvalue weighted by Crippen LogP contribution is 2.10. The first-order chi connectivity index (χ1) is 8.74. The van der Waals surface area contributed by atoms with E-state index in [-0.39, 0.29) is 18.2 Å². The van der Waals surface area contributed by atoms with Gasteiger partial charge in [0.25, 0.3) is 5.56 Å². The molecule has 0 unspecified atom stereocenters. The number of hydrogen-bond donors (Lipinski definition) is 3. The molecule has 4 heteroatoms. The molecule has 4 nitrogen and oxygen atoms in total. The van der Waals surface area contributed by atoms with Crippen molar-refractivity contribution in [2.24, 2.45) is 0 Å². The number of nitrogens with one attached hydrogen (secondary N) is 2. The molecule has 0 spiro atoms. The van der Waals surface area contributed by atoms with E-state index in [1.807, 2.05) is 37.3 Å². The van der Waals surface area contributed by atoms with E-state index < -0.39 is 0 Å². The minimum Gasteiger partial charge on any atom is -0.395 e. The maximum Gasteiger partial charge on any atom is 0.252 e. The van der Waals surface area contributed by atoms with Crippen LogP contribution in [0, 0.1) is 0 Å². The van der Waals surface area contributed by atoms with Gasteiger partial charge in [-0.25, -0.2) is 0 Å². The minimum absolute atomic E-state index is 0.0378. The number of aliphatic hydroxyl groups is 1. The molecule has 96 valence electrons. The van der Waals surface area contributed by atoms with Crippen molar-refractivity contribution in [2.75, 3.05) is 6.61 Å². The second-order valence-electron chi connectivity index (χ2n) is 4.38. The molecule has 2 rings (SSSR count). The maximum atomic E-state index is 11.9. The molecule has 0 amide bonds. The zero-order valence-corrected chi connectivity index (χ0v) is 10.4. The van der Waals surface area contributed by atoms with E-state index in [9.17, 15) is 4.79 Å². The van der Waals surface area contributed by atoms with Gasteiger partial charge >= 0.3 is 0 Å². The third kappa shape index (κ3) is 2.78. The lowest BCUT2D eigenvalue weighted by Crippen LogP contribution is -2.33. The van der Waals surface area contributed by atoms with Crippen LogP contribution in [0.1, 0.15) is 18.9 Å². The average Bonchev–Trinajstić information content (AvgIpc) is 2.40. The van der Waals surface area contributed by atoms with Crippen molar-refractivity contribution in [3.63, 3.8) is 0 Å². The summed E-state index contributed by atoms with van der Waals surface area (Å²) in [7, 11) is 0. The van der Waals surface area contributed by atoms with Crippen LogP contribution in [0.5, 0.6) is 0 Å². The Kier molecular flexibility index (Phi) is 4.12. The largest absolute Gasteiger partial charge is 0.395 e. The monoisotopic (exact) mass is 246 g/mol. The molecule has 1 aromatic carbocycles. The van der Waals surface area contributed by atoms with Crippen molar-refractivity contribution >= 4 is 10.9 Å². The maximum absolute atomic E-state index is 11.9. The van der Waals surface area contributed by atoms with Gasteiger partial charge in [-0.15, -0.1) is 0 Å². The highest BCUT2D eigenvalue weighted by atomic mass is 16.3. The van der Waals surface area contributed by atoms with Gasteiger partial charge in [0.1, 0.15) is 0 Å². The van der Waals surface area contributed by atoms with Gasteiger partial charge in [0.2, 0.25) is 0 Å². The van der Waals surface area contributed by atoms with Gasteiger partial charge in [0, 0.05) is 23.7 Å². The quantitative estimate of drug-likeness (QED) is 0.747. The molecule has 1 aromatic heterocycles. The summed E-state index contributed by atoms with van der Waals surface area (Å²) in [6.07, 6.45) is 0.835. The average molecular weight is 246 g/mol. The number of rotatable bonds is 5. The van der Waals surface area contributed by atoms with Crippen LogP contribution in [-0.4, -0.2) is 22.7 Å². The Morgan fingerprint density at radius 2 is 2.17 bits per heavy atom. The lowest BCUT2D eigenvalue weighted by Gasteiger charge is -2.13. The third-order valence-electron chi connectivity index (χ3n) is 3.12. The molecule has 18 heavy (non-hydrogen) atoms. The number of aromatic amines is 1. The molecular formula is C14H18N2O2. The number of aromatic nitrogens is 1. The van der Waals surface area contributed by atoms with Gasteiger partial charge in [0.15, 0.2) is 0 Å². The zero-order valence-electron chi connectivity index (χ0n) is 10.4. The number of hydrogen-bond acceptors (Lipinski definition) is 3. The van der Waals surface area contributed by atoms with Gasteiger partial charge in [-0.3, -0.25) is 4.79 Å². The highest BCUT2D eigenvalue weighted by Gasteiger charge is 2.06. The summed E-state index contributed by atoms with van der Waals surface area (Å²) in [6, 6.07) is 9.63. The Morgan fingerprint density at radius 1 is 1.39 bits per heavy atom. The Balaban J connectivity index is 2.23. The van der Waals surface area contributed by atoms with Gasteiger partial charge in [0.05, 0.1) is 6.61 Å². The molecule has 3 N–H and O–H groups in total. The summed E-state index contributed by atoms with van der Waals surface area (Å²) in [5, 5.41) is 13.3. The summed E-state index contributed by atoms with van der Waals surface area (Å²) in [4.78, 5) is 14.7. The Morgan fingerprint density at radius 3 is 2.89 bits per heavy atom. The standard InChI is InChI=1S/C14H18N2O2/c1-2-12(9-17)15-8-11-7-10-5-3-4-6-13(10)16-14(11)18/h3-7,12,15,17H,2,8-9H2,1H3,(H,16,18)/t12-/m1/s1. The molecule has 0 bridgehead atoms. The molecule has 0 aliphatic heterocycles. The molecular weight excluding hydrogens is 228 g/mol. The van der Waals surface area contributed by atoms with E-state index in [0.29, 0.717) is 12.1 Å². The van der Waals surface area contributed by atoms with Crippen molar-refractivity contribution in [1.82, 2.24) is 10.3 Å². The third-order valence-corrected chi connectivity index (χ3v) is 3.12. The van der Waals surface area contributed by atoms with Gasteiger partial charge in [-0.05, 0) is 23.9 Å². The Hall–Kier alpha value is -1.65. The molecule has 0 saturated heterocycles. The number of fused-ring (bicyclic) bond motifs is 1. The molecule has 1 heterocycles. The van der Waals surface area contributed by atoms with E-state index in [4.69, 9.17) is 5.11 Å². The van der Waals surface area contributed by atoms with Crippen LogP contribution >= 0.6 is 0 Å². The fourth-order valence-corrected chi connectivity index (χ4v) is 1.92. The van der Waals surface area contributed by atoms with Crippen LogP contribution in [0.25, 0.3) is 10.9 Å². The number of para-hydroxylation sites is 1. The summed E-state index contributed by atoms with van der Waals surface area (Å²) >= 11 is 0. The predicted octanol–water partition coefficient (Wildman–Crippen LogP) is 1.39. The number of H-pyrrole nitrogens is 1. The second-order valence-corrected chi connectivity index (χ2v) is 4.38. The number of pyridine rings is 1. The molecule has 0 aliphatic rings. The highest BCUT2D eigenvalue weighted by molar-refractivity contribution is 5.78. The van der Waals surface area contributed by atoms with E-state index >= 15 is 0 Å². The lowest BCUT2D eigenvalue weighted by molar-refractivity contribution is 0.238. The summed E-state index contributed by atoms with van der Waals surface area (Å²) in [5.41, 5.74) is 1.47. The Labute approximate surface area is 106 Å². The van der Waals surface area contributed by atoms with Crippen molar-refractivity contribution in [1.29, 1.82) is 0 Å². The smallest absolute Gasteiger partial charge is 0.252 e. The van der Waals surface area contributed by atoms with Crippen LogP contribution in [0.15, 0.2) is 35.1 Å². The lowest BCUT2D eigenvalue weighted by atomic mass is 10.1. The van der Waals surface area contributed by atoms with Crippen LogP contribution in [0.4, 0.5) is 0 Å². The van der Waals surface area contributed by atoms with Crippen molar-refractivity contribution < 1.29 is 5.11 Å². The Bertz CT molecular complexity index is 573. The van der Waals surface area contributed by atoms with Crippen LogP contribution in [0.2, 0.25) is 0 Å². The van der Waals surface area contributed by atoms with E-state index in [2.05, 4.69) is 10.3 Å². The topological polar surface area (TPSA) is 65.1 Å². The number of aliphatic hydroxyl groups excluding tert-OH is 1. The molecule has 2 aromatic rings. The molecule has 0 radical (unpaired) electrons. The summed E-state index contributed by atoms with van der Waals surface area (Å²) in [6.45, 7) is 2.56. The van der Waals surface area contributed by atoms with Crippen LogP contribution < -0.4 is 10.9 Å². The molecule has 0 fully saturated rings.